The van der Waals surface area contributed by atoms with Gasteiger partial charge in [0.05, 0.1) is 0 Å². The van der Waals surface area contributed by atoms with Crippen LogP contribution >= 0.6 is 26.3 Å². The zero-order chi connectivity index (χ0) is 30.1. The molecule has 0 fully saturated rings. The van der Waals surface area contributed by atoms with Crippen molar-refractivity contribution in [3.8, 4) is 0 Å². The van der Waals surface area contributed by atoms with Crippen molar-refractivity contribution < 1.29 is 0 Å². The molecule has 0 aliphatic carbocycles. The minimum atomic E-state index is -2.28. The summed E-state index contributed by atoms with van der Waals surface area (Å²) in [4.78, 5) is 0. The summed E-state index contributed by atoms with van der Waals surface area (Å²) in [6.45, 7) is 4.62. The third-order valence-electron chi connectivity index (χ3n) is 9.65. The Balaban J connectivity index is 1.86. The van der Waals surface area contributed by atoms with Crippen molar-refractivity contribution in [2.75, 3.05) is 12.3 Å². The third-order valence-corrected chi connectivity index (χ3v) is 21.3. The molecule has 0 heterocycles. The number of hydrogen-bond donors (Lipinski definition) is 0. The van der Waals surface area contributed by atoms with Crippen LogP contribution in [0.1, 0.15) is 168 Å². The molecular formula is C40H68IP. The van der Waals surface area contributed by atoms with Crippen molar-refractivity contribution in [3.05, 3.63) is 60.7 Å². The van der Waals surface area contributed by atoms with Gasteiger partial charge in [0, 0.05) is 0 Å². The molecule has 0 saturated carbocycles. The zero-order valence-corrected chi connectivity index (χ0v) is 31.0. The van der Waals surface area contributed by atoms with E-state index in [2.05, 4.69) is 96.6 Å². The van der Waals surface area contributed by atoms with E-state index in [1.807, 2.05) is 0 Å². The molecule has 0 aliphatic rings. The van der Waals surface area contributed by atoms with Gasteiger partial charge < -0.3 is 0 Å². The van der Waals surface area contributed by atoms with Gasteiger partial charge in [-0.2, -0.15) is 0 Å². The van der Waals surface area contributed by atoms with E-state index >= 15 is 0 Å². The molecule has 0 unspecified atom stereocenters. The van der Waals surface area contributed by atoms with Crippen LogP contribution in [-0.4, -0.2) is 12.3 Å². The van der Waals surface area contributed by atoms with Gasteiger partial charge in [0.15, 0.2) is 0 Å². The van der Waals surface area contributed by atoms with Gasteiger partial charge in [0.2, 0.25) is 0 Å². The first kappa shape index (κ1) is 37.8. The standard InChI is InChI=1S/C40H68IP/c1-3-5-7-9-11-13-15-17-19-21-23-31-37-42(41,39-33-27-25-28-34-39,40-35-29-26-30-36-40)38-32-24-22-20-18-16-14-12-10-8-6-4-2/h25-30,33-36H,3-24,31-32,37-38H2,1-2H3. The Labute approximate surface area is 276 Å². The minimum absolute atomic E-state index is 1.36. The summed E-state index contributed by atoms with van der Waals surface area (Å²) in [5, 5.41) is 3.28. The maximum absolute atomic E-state index is 3.06. The molecule has 0 N–H and O–H groups in total. The SMILES string of the molecule is CCCCCCCCCCCCCCP(I)(CCCCCCCCCCCCCC)(c1ccccc1)c1ccccc1. The van der Waals surface area contributed by atoms with Crippen LogP contribution in [0.25, 0.3) is 0 Å². The monoisotopic (exact) mass is 706 g/mol. The average molecular weight is 707 g/mol. The summed E-state index contributed by atoms with van der Waals surface area (Å²) in [5.41, 5.74) is 0. The third kappa shape index (κ3) is 14.6. The predicted octanol–water partition coefficient (Wildman–Crippen LogP) is 13.9. The van der Waals surface area contributed by atoms with Crippen LogP contribution in [0.4, 0.5) is 0 Å². The van der Waals surface area contributed by atoms with Gasteiger partial charge in [-0.3, -0.25) is 0 Å². The van der Waals surface area contributed by atoms with Crippen LogP contribution in [0.2, 0.25) is 0 Å². The van der Waals surface area contributed by atoms with Gasteiger partial charge >= 0.3 is 251 Å². The van der Waals surface area contributed by atoms with Crippen LogP contribution < -0.4 is 10.6 Å². The number of halogens is 1. The molecule has 42 heavy (non-hydrogen) atoms. The first-order valence-electron chi connectivity index (χ1n) is 18.5. The second-order valence-corrected chi connectivity index (χ2v) is 24.9. The van der Waals surface area contributed by atoms with E-state index in [0.717, 1.165) is 0 Å². The van der Waals surface area contributed by atoms with E-state index in [1.165, 1.54) is 166 Å². The second-order valence-electron chi connectivity index (χ2n) is 13.3. The fourth-order valence-electron chi connectivity index (χ4n) is 6.88. The van der Waals surface area contributed by atoms with Gasteiger partial charge in [-0.1, -0.05) is 26.7 Å². The quantitative estimate of drug-likeness (QED) is 0.0469. The topological polar surface area (TPSA) is 0 Å². The first-order chi connectivity index (χ1) is 20.6. The molecule has 0 radical (unpaired) electrons. The van der Waals surface area contributed by atoms with Crippen LogP contribution in [0.3, 0.4) is 0 Å². The van der Waals surface area contributed by atoms with Crippen molar-refractivity contribution in [2.45, 2.75) is 168 Å². The molecule has 2 aromatic rings. The fraction of sp³-hybridized carbons (Fsp3) is 0.700. The molecule has 0 saturated heterocycles. The number of benzene rings is 2. The van der Waals surface area contributed by atoms with E-state index in [4.69, 9.17) is 0 Å². The maximum atomic E-state index is 3.06. The second kappa shape index (κ2) is 23.9. The zero-order valence-electron chi connectivity index (χ0n) is 28.0. The normalized spacial score (nSPS) is 12.8. The molecule has 2 rings (SSSR count). The Kier molecular flexibility index (Phi) is 21.5. The Morgan fingerprint density at radius 2 is 0.595 bits per heavy atom. The molecule has 2 heteroatoms. The Morgan fingerprint density at radius 1 is 0.357 bits per heavy atom. The Hall–Kier alpha value is -0.400. The summed E-state index contributed by atoms with van der Waals surface area (Å²) in [5.74, 6) is 0. The van der Waals surface area contributed by atoms with E-state index in [9.17, 15) is 0 Å². The van der Waals surface area contributed by atoms with E-state index in [0.29, 0.717) is 0 Å². The molecule has 2 aromatic carbocycles. The van der Waals surface area contributed by atoms with Gasteiger partial charge in [0.1, 0.15) is 0 Å². The predicted molar refractivity (Wildman–Crippen MR) is 205 cm³/mol. The van der Waals surface area contributed by atoms with Crippen LogP contribution in [0, 0.1) is 0 Å². The number of unbranched alkanes of at least 4 members (excludes halogenated alkanes) is 22. The first-order valence-corrected chi connectivity index (χ1v) is 23.9. The van der Waals surface area contributed by atoms with Gasteiger partial charge in [-0.15, -0.1) is 0 Å². The van der Waals surface area contributed by atoms with Crippen molar-refractivity contribution in [2.24, 2.45) is 0 Å². The fourth-order valence-corrected chi connectivity index (χ4v) is 15.9. The van der Waals surface area contributed by atoms with Crippen LogP contribution in [-0.2, 0) is 0 Å². The number of rotatable bonds is 28. The van der Waals surface area contributed by atoms with Crippen molar-refractivity contribution in [1.82, 2.24) is 0 Å². The van der Waals surface area contributed by atoms with Gasteiger partial charge in [-0.05, 0) is 0 Å². The summed E-state index contributed by atoms with van der Waals surface area (Å²) in [7, 11) is 0. The average Bonchev–Trinajstić information content (AvgIpc) is 3.03. The molecule has 0 spiro atoms. The Morgan fingerprint density at radius 3 is 0.857 bits per heavy atom. The van der Waals surface area contributed by atoms with E-state index < -0.39 is 4.25 Å². The molecule has 240 valence electrons. The van der Waals surface area contributed by atoms with Crippen molar-refractivity contribution >= 4 is 36.9 Å². The molecule has 0 bridgehead atoms. The molecule has 0 atom stereocenters. The molecule has 0 nitrogen and oxygen atoms in total. The van der Waals surface area contributed by atoms with Crippen LogP contribution in [0.15, 0.2) is 60.7 Å². The summed E-state index contributed by atoms with van der Waals surface area (Å²) >= 11 is 3.06. The van der Waals surface area contributed by atoms with Crippen molar-refractivity contribution in [1.29, 1.82) is 0 Å². The Bertz CT molecular complexity index is 792. The summed E-state index contributed by atoms with van der Waals surface area (Å²) in [6, 6.07) is 23.5. The molecule has 0 aliphatic heterocycles. The van der Waals surface area contributed by atoms with Crippen molar-refractivity contribution in [3.63, 3.8) is 0 Å². The molecule has 0 amide bonds. The molecule has 0 aromatic heterocycles. The number of hydrogen-bond acceptors (Lipinski definition) is 0. The van der Waals surface area contributed by atoms with Crippen LogP contribution in [0.5, 0.6) is 0 Å². The van der Waals surface area contributed by atoms with Gasteiger partial charge in [0.25, 0.3) is 0 Å². The van der Waals surface area contributed by atoms with Gasteiger partial charge in [-0.25, -0.2) is 0 Å². The van der Waals surface area contributed by atoms with E-state index in [-0.39, 0.29) is 0 Å². The summed E-state index contributed by atoms with van der Waals surface area (Å²) in [6.07, 6.45) is 36.9. The van der Waals surface area contributed by atoms with E-state index in [1.54, 1.807) is 10.6 Å². The molecular weight excluding hydrogens is 638 g/mol. The summed E-state index contributed by atoms with van der Waals surface area (Å²) < 4.78 is -2.28.